The first-order valence-electron chi connectivity index (χ1n) is 9.64. The molecule has 1 aromatic heterocycles. The third-order valence-corrected chi connectivity index (χ3v) is 5.06. The predicted octanol–water partition coefficient (Wildman–Crippen LogP) is 4.26. The number of amides is 1. The Morgan fingerprint density at radius 2 is 1.74 bits per heavy atom. The van der Waals surface area contributed by atoms with E-state index in [9.17, 15) is 4.79 Å². The number of anilines is 1. The summed E-state index contributed by atoms with van der Waals surface area (Å²) >= 11 is 0. The van der Waals surface area contributed by atoms with E-state index in [-0.39, 0.29) is 23.9 Å². The Bertz CT molecular complexity index is 782. The van der Waals surface area contributed by atoms with Crippen LogP contribution in [0.15, 0.2) is 24.3 Å². The van der Waals surface area contributed by atoms with Gasteiger partial charge in [-0.05, 0) is 36.3 Å². The molecule has 0 saturated carbocycles. The summed E-state index contributed by atoms with van der Waals surface area (Å²) in [5.74, 6) is 0.325. The minimum absolute atomic E-state index is 0.0499. The Morgan fingerprint density at radius 1 is 1.15 bits per heavy atom. The third-order valence-electron chi connectivity index (χ3n) is 5.06. The molecule has 27 heavy (non-hydrogen) atoms. The SMILES string of the molecule is Cc1nn(C)c(C)c1NC(=O)CN[C@@H](c1ccc(C(C)(C)C)cc1)C(C)C. The summed E-state index contributed by atoms with van der Waals surface area (Å²) in [6, 6.07) is 8.85. The maximum atomic E-state index is 12.5. The van der Waals surface area contributed by atoms with Gasteiger partial charge in [-0.15, -0.1) is 0 Å². The average molecular weight is 371 g/mol. The van der Waals surface area contributed by atoms with Crippen LogP contribution in [-0.2, 0) is 17.3 Å². The molecule has 0 saturated heterocycles. The van der Waals surface area contributed by atoms with Gasteiger partial charge in [0.25, 0.3) is 0 Å². The number of rotatable bonds is 6. The van der Waals surface area contributed by atoms with Crippen molar-refractivity contribution in [3.63, 3.8) is 0 Å². The quantitative estimate of drug-likeness (QED) is 0.799. The van der Waals surface area contributed by atoms with Crippen molar-refractivity contribution in [2.24, 2.45) is 13.0 Å². The lowest BCUT2D eigenvalue weighted by Gasteiger charge is -2.25. The van der Waals surface area contributed by atoms with Crippen molar-refractivity contribution in [3.8, 4) is 0 Å². The number of hydrogen-bond donors (Lipinski definition) is 2. The van der Waals surface area contributed by atoms with Gasteiger partial charge in [-0.1, -0.05) is 58.9 Å². The van der Waals surface area contributed by atoms with Crippen molar-refractivity contribution >= 4 is 11.6 Å². The third kappa shape index (κ3) is 5.19. The number of aromatic nitrogens is 2. The number of hydrogen-bond acceptors (Lipinski definition) is 3. The first kappa shape index (κ1) is 21.2. The highest BCUT2D eigenvalue weighted by atomic mass is 16.1. The minimum atomic E-state index is -0.0499. The first-order chi connectivity index (χ1) is 12.5. The maximum Gasteiger partial charge on any atom is 0.238 e. The summed E-state index contributed by atoms with van der Waals surface area (Å²) in [6.07, 6.45) is 0. The van der Waals surface area contributed by atoms with Crippen LogP contribution < -0.4 is 10.6 Å². The van der Waals surface area contributed by atoms with Crippen LogP contribution >= 0.6 is 0 Å². The smallest absolute Gasteiger partial charge is 0.238 e. The monoisotopic (exact) mass is 370 g/mol. The lowest BCUT2D eigenvalue weighted by atomic mass is 9.85. The zero-order chi connectivity index (χ0) is 20.4. The second-order valence-electron chi connectivity index (χ2n) is 8.69. The van der Waals surface area contributed by atoms with E-state index in [4.69, 9.17) is 0 Å². The van der Waals surface area contributed by atoms with Gasteiger partial charge in [0.1, 0.15) is 0 Å². The van der Waals surface area contributed by atoms with E-state index in [1.807, 2.05) is 20.9 Å². The van der Waals surface area contributed by atoms with Crippen molar-refractivity contribution in [1.82, 2.24) is 15.1 Å². The van der Waals surface area contributed by atoms with E-state index in [0.29, 0.717) is 5.92 Å². The van der Waals surface area contributed by atoms with Crippen LogP contribution in [0, 0.1) is 19.8 Å². The highest BCUT2D eigenvalue weighted by Crippen LogP contribution is 2.26. The van der Waals surface area contributed by atoms with Gasteiger partial charge in [-0.2, -0.15) is 5.10 Å². The molecule has 0 aliphatic carbocycles. The van der Waals surface area contributed by atoms with Gasteiger partial charge in [-0.3, -0.25) is 9.48 Å². The summed E-state index contributed by atoms with van der Waals surface area (Å²) < 4.78 is 1.78. The van der Waals surface area contributed by atoms with E-state index in [0.717, 1.165) is 17.1 Å². The fourth-order valence-corrected chi connectivity index (χ4v) is 3.27. The molecule has 2 N–H and O–H groups in total. The summed E-state index contributed by atoms with van der Waals surface area (Å²) in [5.41, 5.74) is 5.26. The Labute approximate surface area is 163 Å². The molecule has 2 rings (SSSR count). The van der Waals surface area contributed by atoms with Crippen molar-refractivity contribution in [2.45, 2.75) is 59.9 Å². The number of benzene rings is 1. The zero-order valence-electron chi connectivity index (χ0n) is 18.0. The second-order valence-corrected chi connectivity index (χ2v) is 8.69. The summed E-state index contributed by atoms with van der Waals surface area (Å²) in [6.45, 7) is 15.1. The number of nitrogens with zero attached hydrogens (tertiary/aromatic N) is 2. The van der Waals surface area contributed by atoms with E-state index in [2.05, 4.69) is 74.6 Å². The molecule has 0 spiro atoms. The van der Waals surface area contributed by atoms with Gasteiger partial charge in [0, 0.05) is 13.1 Å². The maximum absolute atomic E-state index is 12.5. The summed E-state index contributed by atoms with van der Waals surface area (Å²) in [7, 11) is 1.88. The molecule has 1 atom stereocenters. The fraction of sp³-hybridized carbons (Fsp3) is 0.545. The zero-order valence-corrected chi connectivity index (χ0v) is 18.0. The number of carbonyl (C=O) groups is 1. The molecular formula is C22H34N4O. The summed E-state index contributed by atoms with van der Waals surface area (Å²) in [5, 5.41) is 10.8. The standard InChI is InChI=1S/C22H34N4O/c1-14(2)20(17-9-11-18(12-10-17)22(5,6)7)23-13-19(27)24-21-15(3)25-26(8)16(21)4/h9-12,14,20,23H,13H2,1-8H3,(H,24,27)/t20-/m1/s1. The Kier molecular flexibility index (Phi) is 6.47. The van der Waals surface area contributed by atoms with Crippen molar-refractivity contribution < 1.29 is 4.79 Å². The van der Waals surface area contributed by atoms with Gasteiger partial charge in [0.05, 0.1) is 23.6 Å². The molecular weight excluding hydrogens is 336 g/mol. The van der Waals surface area contributed by atoms with Crippen LogP contribution in [0.1, 0.15) is 63.2 Å². The van der Waals surface area contributed by atoms with E-state index < -0.39 is 0 Å². The predicted molar refractivity (Wildman–Crippen MR) is 112 cm³/mol. The molecule has 2 aromatic rings. The first-order valence-corrected chi connectivity index (χ1v) is 9.64. The van der Waals surface area contributed by atoms with Crippen molar-refractivity contribution in [2.75, 3.05) is 11.9 Å². The highest BCUT2D eigenvalue weighted by molar-refractivity contribution is 5.93. The second kappa shape index (κ2) is 8.26. The molecule has 1 heterocycles. The molecule has 0 aliphatic rings. The van der Waals surface area contributed by atoms with Crippen molar-refractivity contribution in [1.29, 1.82) is 0 Å². The number of nitrogens with one attached hydrogen (secondary N) is 2. The van der Waals surface area contributed by atoms with Gasteiger partial charge in [-0.25, -0.2) is 0 Å². The molecule has 0 aliphatic heterocycles. The molecule has 1 amide bonds. The topological polar surface area (TPSA) is 59.0 Å². The van der Waals surface area contributed by atoms with Gasteiger partial charge < -0.3 is 10.6 Å². The molecule has 5 nitrogen and oxygen atoms in total. The molecule has 0 radical (unpaired) electrons. The van der Waals surface area contributed by atoms with E-state index >= 15 is 0 Å². The fourth-order valence-electron chi connectivity index (χ4n) is 3.27. The van der Waals surface area contributed by atoms with Gasteiger partial charge in [0.15, 0.2) is 0 Å². The average Bonchev–Trinajstić information content (AvgIpc) is 2.80. The molecule has 5 heteroatoms. The van der Waals surface area contributed by atoms with Crippen LogP contribution in [0.25, 0.3) is 0 Å². The molecule has 1 aromatic carbocycles. The highest BCUT2D eigenvalue weighted by Gasteiger charge is 2.19. The van der Waals surface area contributed by atoms with Gasteiger partial charge >= 0.3 is 0 Å². The van der Waals surface area contributed by atoms with E-state index in [1.54, 1.807) is 4.68 Å². The molecule has 0 fully saturated rings. The normalized spacial score (nSPS) is 13.1. The Balaban J connectivity index is 2.05. The summed E-state index contributed by atoms with van der Waals surface area (Å²) in [4.78, 5) is 12.5. The van der Waals surface area contributed by atoms with Gasteiger partial charge in [0.2, 0.25) is 5.91 Å². The van der Waals surface area contributed by atoms with Crippen LogP contribution in [0.3, 0.4) is 0 Å². The largest absolute Gasteiger partial charge is 0.322 e. The number of aryl methyl sites for hydroxylation is 2. The minimum Gasteiger partial charge on any atom is -0.322 e. The number of carbonyl (C=O) groups excluding carboxylic acids is 1. The Morgan fingerprint density at radius 3 is 2.19 bits per heavy atom. The molecule has 148 valence electrons. The van der Waals surface area contributed by atoms with Crippen LogP contribution in [0.5, 0.6) is 0 Å². The molecule has 0 unspecified atom stereocenters. The molecule has 0 bridgehead atoms. The Hall–Kier alpha value is -2.14. The lowest BCUT2D eigenvalue weighted by Crippen LogP contribution is -2.34. The van der Waals surface area contributed by atoms with Crippen LogP contribution in [-0.4, -0.2) is 22.2 Å². The van der Waals surface area contributed by atoms with Crippen molar-refractivity contribution in [3.05, 3.63) is 46.8 Å². The van der Waals surface area contributed by atoms with Crippen LogP contribution in [0.2, 0.25) is 0 Å². The van der Waals surface area contributed by atoms with E-state index in [1.165, 1.54) is 11.1 Å². The lowest BCUT2D eigenvalue weighted by molar-refractivity contribution is -0.115. The van der Waals surface area contributed by atoms with Crippen LogP contribution in [0.4, 0.5) is 5.69 Å².